The number of phenolic OH excluding ortho intramolecular Hbond substituents is 1. The standard InChI is InChI=1S/C27H42N2OS.C9H7NO/c1-4-7-9-11-12-14-17-22(16-13-10-8-5-2)27(31)29-26-23-18-15-21-28-24(23)19-20-25(26)30-6-3;11-8-3-4-9-7(6-8)2-1-5-10-9/h15,18-22H,4-14,16-17H2,1-3H3,(H,29,31);1-6,11H. The van der Waals surface area contributed by atoms with Crippen LogP contribution >= 0.6 is 12.2 Å². The molecule has 1 atom stereocenters. The predicted molar refractivity (Wildman–Crippen MR) is 183 cm³/mol. The number of nitrogens with one attached hydrogen (secondary N) is 1. The van der Waals surface area contributed by atoms with Gasteiger partial charge in [0.2, 0.25) is 0 Å². The van der Waals surface area contributed by atoms with Crippen LogP contribution in [0.3, 0.4) is 0 Å². The van der Waals surface area contributed by atoms with Gasteiger partial charge in [0.15, 0.2) is 0 Å². The molecule has 0 saturated heterocycles. The van der Waals surface area contributed by atoms with Gasteiger partial charge in [-0.1, -0.05) is 96.3 Å². The molecule has 4 aromatic rings. The second-order valence-electron chi connectivity index (χ2n) is 10.9. The minimum absolute atomic E-state index is 0.283. The number of pyridine rings is 2. The van der Waals surface area contributed by atoms with Gasteiger partial charge in [0.05, 0.1) is 28.3 Å². The normalized spacial score (nSPS) is 11.6. The fourth-order valence-corrected chi connectivity index (χ4v) is 5.56. The first-order chi connectivity index (χ1) is 20.6. The molecule has 0 bridgehead atoms. The highest BCUT2D eigenvalue weighted by molar-refractivity contribution is 7.80. The van der Waals surface area contributed by atoms with Crippen LogP contribution in [0.15, 0.2) is 67.0 Å². The van der Waals surface area contributed by atoms with Gasteiger partial charge in [-0.05, 0) is 68.3 Å². The maximum atomic E-state index is 9.10. The summed E-state index contributed by atoms with van der Waals surface area (Å²) in [7, 11) is 0. The molecule has 2 heterocycles. The summed E-state index contributed by atoms with van der Waals surface area (Å²) in [6, 6.07) is 17.0. The Morgan fingerprint density at radius 3 is 2.12 bits per heavy atom. The van der Waals surface area contributed by atoms with Crippen molar-refractivity contribution in [3.05, 3.63) is 67.0 Å². The molecule has 0 saturated carbocycles. The minimum Gasteiger partial charge on any atom is -0.508 e. The van der Waals surface area contributed by atoms with Crippen molar-refractivity contribution in [1.82, 2.24) is 9.97 Å². The number of nitrogens with zero attached hydrogens (tertiary/aromatic N) is 2. The maximum absolute atomic E-state index is 9.10. The summed E-state index contributed by atoms with van der Waals surface area (Å²) in [5.41, 5.74) is 2.84. The van der Waals surface area contributed by atoms with Gasteiger partial charge in [0.1, 0.15) is 11.5 Å². The number of hydrogen-bond donors (Lipinski definition) is 2. The Hall–Kier alpha value is -3.25. The van der Waals surface area contributed by atoms with Gasteiger partial charge in [-0.2, -0.15) is 0 Å². The number of anilines is 1. The summed E-state index contributed by atoms with van der Waals surface area (Å²) in [5.74, 6) is 1.57. The predicted octanol–water partition coefficient (Wildman–Crippen LogP) is 10.7. The Labute approximate surface area is 258 Å². The molecule has 1 unspecified atom stereocenters. The first-order valence-corrected chi connectivity index (χ1v) is 16.3. The van der Waals surface area contributed by atoms with Crippen LogP contribution < -0.4 is 10.1 Å². The lowest BCUT2D eigenvalue weighted by Crippen LogP contribution is -2.22. The monoisotopic (exact) mass is 587 g/mol. The average molecular weight is 588 g/mol. The van der Waals surface area contributed by atoms with E-state index in [9.17, 15) is 0 Å². The fourth-order valence-electron chi connectivity index (χ4n) is 5.22. The SMILES string of the molecule is CCCCCCCCC(CCCCCC)C(=S)Nc1c(OCC)ccc2ncccc12.Oc1ccc2ncccc2c1. The van der Waals surface area contributed by atoms with Gasteiger partial charge >= 0.3 is 0 Å². The molecule has 6 heteroatoms. The summed E-state index contributed by atoms with van der Waals surface area (Å²) in [4.78, 5) is 9.58. The Kier molecular flexibility index (Phi) is 15.1. The number of rotatable bonds is 16. The van der Waals surface area contributed by atoms with Crippen LogP contribution in [-0.2, 0) is 0 Å². The number of aromatic hydroxyl groups is 1. The third-order valence-electron chi connectivity index (χ3n) is 7.56. The molecule has 2 aromatic heterocycles. The van der Waals surface area contributed by atoms with Crippen molar-refractivity contribution in [2.45, 2.75) is 97.8 Å². The summed E-state index contributed by atoms with van der Waals surface area (Å²) in [6.07, 6.45) is 19.0. The number of thiocarbonyl (C=S) groups is 1. The summed E-state index contributed by atoms with van der Waals surface area (Å²) < 4.78 is 5.92. The number of hydrogen-bond acceptors (Lipinski definition) is 5. The number of fused-ring (bicyclic) bond motifs is 2. The second-order valence-corrected chi connectivity index (χ2v) is 11.4. The maximum Gasteiger partial charge on any atom is 0.143 e. The zero-order valence-electron chi connectivity index (χ0n) is 25.8. The van der Waals surface area contributed by atoms with E-state index in [1.165, 1.54) is 77.0 Å². The largest absolute Gasteiger partial charge is 0.508 e. The van der Waals surface area contributed by atoms with E-state index in [2.05, 4.69) is 35.2 Å². The molecule has 0 aliphatic rings. The van der Waals surface area contributed by atoms with Crippen molar-refractivity contribution in [1.29, 1.82) is 0 Å². The van der Waals surface area contributed by atoms with E-state index < -0.39 is 0 Å². The van der Waals surface area contributed by atoms with Gasteiger partial charge in [-0.15, -0.1) is 0 Å². The van der Waals surface area contributed by atoms with Gasteiger partial charge in [-0.25, -0.2) is 0 Å². The summed E-state index contributed by atoms with van der Waals surface area (Å²) >= 11 is 5.97. The summed E-state index contributed by atoms with van der Waals surface area (Å²) in [6.45, 7) is 7.19. The van der Waals surface area contributed by atoms with Crippen molar-refractivity contribution in [3.8, 4) is 11.5 Å². The van der Waals surface area contributed by atoms with E-state index in [1.54, 1.807) is 24.4 Å². The molecule has 226 valence electrons. The first kappa shape index (κ1) is 33.3. The molecule has 0 fully saturated rings. The van der Waals surface area contributed by atoms with Gasteiger partial charge in [0, 0.05) is 29.1 Å². The molecule has 2 N–H and O–H groups in total. The molecule has 42 heavy (non-hydrogen) atoms. The van der Waals surface area contributed by atoms with E-state index in [0.717, 1.165) is 38.2 Å². The Bertz CT molecular complexity index is 1360. The third kappa shape index (κ3) is 10.9. The average Bonchev–Trinajstić information content (AvgIpc) is 3.01. The smallest absolute Gasteiger partial charge is 0.143 e. The van der Waals surface area contributed by atoms with E-state index in [1.807, 2.05) is 43.5 Å². The van der Waals surface area contributed by atoms with Crippen molar-refractivity contribution in [2.75, 3.05) is 11.9 Å². The second kappa shape index (κ2) is 19.0. The fraction of sp³-hybridized carbons (Fsp3) is 0.472. The van der Waals surface area contributed by atoms with Crippen LogP contribution in [0.5, 0.6) is 11.5 Å². The Balaban J connectivity index is 0.000000363. The van der Waals surface area contributed by atoms with Gasteiger partial charge in [-0.3, -0.25) is 9.97 Å². The Morgan fingerprint density at radius 2 is 1.40 bits per heavy atom. The van der Waals surface area contributed by atoms with Crippen LogP contribution in [0.2, 0.25) is 0 Å². The van der Waals surface area contributed by atoms with Crippen LogP contribution in [-0.4, -0.2) is 26.7 Å². The van der Waals surface area contributed by atoms with E-state index >= 15 is 0 Å². The zero-order valence-corrected chi connectivity index (χ0v) is 26.6. The number of aromatic nitrogens is 2. The number of phenols is 1. The zero-order chi connectivity index (χ0) is 30.0. The van der Waals surface area contributed by atoms with Crippen LogP contribution in [0.25, 0.3) is 21.8 Å². The molecular formula is C36H49N3O2S. The Morgan fingerprint density at radius 1 is 0.786 bits per heavy atom. The number of unbranched alkanes of at least 4 members (excludes halogenated alkanes) is 8. The molecule has 0 radical (unpaired) electrons. The van der Waals surface area contributed by atoms with E-state index in [-0.39, 0.29) is 5.75 Å². The van der Waals surface area contributed by atoms with Crippen LogP contribution in [0, 0.1) is 5.92 Å². The minimum atomic E-state index is 0.283. The lowest BCUT2D eigenvalue weighted by molar-refractivity contribution is 0.342. The van der Waals surface area contributed by atoms with Gasteiger partial charge in [0.25, 0.3) is 0 Å². The molecule has 0 aliphatic carbocycles. The molecular weight excluding hydrogens is 538 g/mol. The summed E-state index contributed by atoms with van der Waals surface area (Å²) in [5, 5.41) is 14.7. The van der Waals surface area contributed by atoms with Crippen LogP contribution in [0.1, 0.15) is 97.8 Å². The third-order valence-corrected chi connectivity index (χ3v) is 8.00. The molecule has 4 rings (SSSR count). The highest BCUT2D eigenvalue weighted by Gasteiger charge is 2.18. The van der Waals surface area contributed by atoms with Crippen LogP contribution in [0.4, 0.5) is 5.69 Å². The number of benzene rings is 2. The van der Waals surface area contributed by atoms with E-state index in [0.29, 0.717) is 12.5 Å². The highest BCUT2D eigenvalue weighted by atomic mass is 32.1. The van der Waals surface area contributed by atoms with Gasteiger partial charge < -0.3 is 15.2 Å². The van der Waals surface area contributed by atoms with Crippen molar-refractivity contribution in [2.24, 2.45) is 5.92 Å². The number of ether oxygens (including phenoxy) is 1. The van der Waals surface area contributed by atoms with Crippen molar-refractivity contribution < 1.29 is 9.84 Å². The van der Waals surface area contributed by atoms with Crippen molar-refractivity contribution >= 4 is 44.7 Å². The quantitative estimate of drug-likeness (QED) is 0.100. The topological polar surface area (TPSA) is 67.3 Å². The first-order valence-electron chi connectivity index (χ1n) is 15.9. The molecule has 2 aromatic carbocycles. The lowest BCUT2D eigenvalue weighted by Gasteiger charge is -2.22. The lowest BCUT2D eigenvalue weighted by atomic mass is 9.93. The highest BCUT2D eigenvalue weighted by Crippen LogP contribution is 2.34. The molecule has 0 amide bonds. The van der Waals surface area contributed by atoms with E-state index in [4.69, 9.17) is 22.1 Å². The molecule has 0 spiro atoms. The molecule has 0 aliphatic heterocycles. The van der Waals surface area contributed by atoms with Crippen molar-refractivity contribution in [3.63, 3.8) is 0 Å². The molecule has 5 nitrogen and oxygen atoms in total.